The van der Waals surface area contributed by atoms with E-state index in [2.05, 4.69) is 10.3 Å². The summed E-state index contributed by atoms with van der Waals surface area (Å²) in [5.41, 5.74) is -1.04. The lowest BCUT2D eigenvalue weighted by atomic mass is 10.1. The molecule has 0 bridgehead atoms. The molecule has 0 unspecified atom stereocenters. The number of halogens is 4. The highest BCUT2D eigenvalue weighted by Crippen LogP contribution is 2.36. The minimum Gasteiger partial charge on any atom is -0.467 e. The summed E-state index contributed by atoms with van der Waals surface area (Å²) in [4.78, 5) is 41.8. The molecule has 0 radical (unpaired) electrons. The van der Waals surface area contributed by atoms with Gasteiger partial charge < -0.3 is 19.6 Å². The molecule has 0 aliphatic rings. The fraction of sp³-hybridized carbons (Fsp3) is 0.227. The molecular formula is C22H19ClF3N3O4. The Balaban J connectivity index is 1.86. The van der Waals surface area contributed by atoms with Gasteiger partial charge in [-0.15, -0.1) is 0 Å². The number of aromatic amines is 1. The maximum absolute atomic E-state index is 13.2. The molecule has 0 saturated carbocycles. The number of rotatable bonds is 6. The molecule has 0 fully saturated rings. The van der Waals surface area contributed by atoms with Gasteiger partial charge in [-0.1, -0.05) is 11.6 Å². The number of amides is 2. The first-order valence-electron chi connectivity index (χ1n) is 9.64. The highest BCUT2D eigenvalue weighted by atomic mass is 35.5. The average Bonchev–Trinajstić information content (AvgIpc) is 3.20. The van der Waals surface area contributed by atoms with Gasteiger partial charge in [-0.3, -0.25) is 14.4 Å². The molecule has 2 heterocycles. The lowest BCUT2D eigenvalue weighted by molar-refractivity contribution is -0.137. The second kappa shape index (κ2) is 9.53. The Morgan fingerprint density at radius 2 is 1.91 bits per heavy atom. The molecule has 174 valence electrons. The van der Waals surface area contributed by atoms with Crippen molar-refractivity contribution in [1.29, 1.82) is 0 Å². The Morgan fingerprint density at radius 3 is 2.52 bits per heavy atom. The third kappa shape index (κ3) is 5.83. The zero-order chi connectivity index (χ0) is 24.3. The maximum Gasteiger partial charge on any atom is 0.417 e. The summed E-state index contributed by atoms with van der Waals surface area (Å²) < 4.78 is 44.5. The van der Waals surface area contributed by atoms with E-state index in [0.717, 1.165) is 11.0 Å². The Hall–Kier alpha value is -3.53. The van der Waals surface area contributed by atoms with E-state index in [1.165, 1.54) is 12.3 Å². The van der Waals surface area contributed by atoms with Gasteiger partial charge in [0.1, 0.15) is 17.9 Å². The van der Waals surface area contributed by atoms with Crippen molar-refractivity contribution in [2.75, 3.05) is 11.9 Å². The smallest absolute Gasteiger partial charge is 0.417 e. The normalized spacial score (nSPS) is 11.3. The molecule has 1 aromatic carbocycles. The van der Waals surface area contributed by atoms with Gasteiger partial charge in [0.05, 0.1) is 23.4 Å². The molecular weight excluding hydrogens is 463 g/mol. The Bertz CT molecular complexity index is 1240. The van der Waals surface area contributed by atoms with Gasteiger partial charge in [-0.25, -0.2) is 0 Å². The third-order valence-corrected chi connectivity index (χ3v) is 5.01. The van der Waals surface area contributed by atoms with Crippen LogP contribution in [0.25, 0.3) is 0 Å². The van der Waals surface area contributed by atoms with Crippen molar-refractivity contribution in [1.82, 2.24) is 9.88 Å². The number of alkyl halides is 3. The fourth-order valence-electron chi connectivity index (χ4n) is 3.26. The topological polar surface area (TPSA) is 95.4 Å². The van der Waals surface area contributed by atoms with E-state index in [-0.39, 0.29) is 17.8 Å². The van der Waals surface area contributed by atoms with E-state index >= 15 is 0 Å². The number of pyridine rings is 1. The van der Waals surface area contributed by atoms with E-state index in [1.807, 2.05) is 0 Å². The molecule has 0 atom stereocenters. The number of aryl methyl sites for hydroxylation is 2. The van der Waals surface area contributed by atoms with Crippen LogP contribution in [-0.4, -0.2) is 28.2 Å². The highest BCUT2D eigenvalue weighted by molar-refractivity contribution is 6.31. The van der Waals surface area contributed by atoms with Crippen molar-refractivity contribution < 1.29 is 27.2 Å². The van der Waals surface area contributed by atoms with Crippen molar-refractivity contribution in [2.45, 2.75) is 26.6 Å². The van der Waals surface area contributed by atoms with Crippen molar-refractivity contribution in [3.63, 3.8) is 0 Å². The van der Waals surface area contributed by atoms with Crippen LogP contribution in [0.15, 0.2) is 51.9 Å². The van der Waals surface area contributed by atoms with Crippen molar-refractivity contribution in [3.8, 4) is 0 Å². The van der Waals surface area contributed by atoms with Gasteiger partial charge in [-0.05, 0) is 55.8 Å². The second-order valence-corrected chi connectivity index (χ2v) is 7.73. The second-order valence-electron chi connectivity index (χ2n) is 7.32. The Kier molecular flexibility index (Phi) is 6.97. The summed E-state index contributed by atoms with van der Waals surface area (Å²) in [6.07, 6.45) is -3.32. The van der Waals surface area contributed by atoms with Gasteiger partial charge >= 0.3 is 6.18 Å². The van der Waals surface area contributed by atoms with Crippen LogP contribution in [0.5, 0.6) is 0 Å². The minimum atomic E-state index is -4.71. The largest absolute Gasteiger partial charge is 0.467 e. The lowest BCUT2D eigenvalue weighted by Crippen LogP contribution is -2.40. The first-order chi connectivity index (χ1) is 15.5. The first kappa shape index (κ1) is 24.1. The van der Waals surface area contributed by atoms with Gasteiger partial charge in [0.25, 0.3) is 11.5 Å². The number of anilines is 1. The number of carbonyl (C=O) groups is 2. The zero-order valence-corrected chi connectivity index (χ0v) is 18.3. The number of furan rings is 1. The predicted molar refractivity (Wildman–Crippen MR) is 115 cm³/mol. The van der Waals surface area contributed by atoms with Crippen molar-refractivity contribution in [2.24, 2.45) is 0 Å². The summed E-state index contributed by atoms with van der Waals surface area (Å²) in [6, 6.07) is 7.72. The van der Waals surface area contributed by atoms with Crippen LogP contribution < -0.4 is 10.9 Å². The van der Waals surface area contributed by atoms with Gasteiger partial charge in [-0.2, -0.15) is 13.2 Å². The molecule has 0 spiro atoms. The van der Waals surface area contributed by atoms with Crippen LogP contribution in [0.3, 0.4) is 0 Å². The SMILES string of the molecule is Cc1cc(C)c(C(=O)N(CC(=O)Nc2ccc(Cl)c(C(F)(F)F)c2)Cc2ccco2)c(=O)[nH]1. The molecule has 0 saturated heterocycles. The number of nitrogens with one attached hydrogen (secondary N) is 2. The fourth-order valence-corrected chi connectivity index (χ4v) is 3.49. The standard InChI is InChI=1S/C22H19ClF3N3O4/c1-12-8-13(2)27-20(31)19(12)21(32)29(10-15-4-3-7-33-15)11-18(30)28-14-5-6-17(23)16(9-14)22(24,25)26/h3-9H,10-11H2,1-2H3,(H,27,31)(H,28,30). The zero-order valence-electron chi connectivity index (χ0n) is 17.5. The van der Waals surface area contributed by atoms with E-state index in [0.29, 0.717) is 23.1 Å². The molecule has 3 aromatic rings. The average molecular weight is 482 g/mol. The van der Waals surface area contributed by atoms with Crippen LogP contribution in [0, 0.1) is 13.8 Å². The van der Waals surface area contributed by atoms with E-state index in [9.17, 15) is 27.6 Å². The number of benzene rings is 1. The van der Waals surface area contributed by atoms with Crippen LogP contribution in [0.1, 0.15) is 32.9 Å². The van der Waals surface area contributed by atoms with Crippen LogP contribution in [-0.2, 0) is 17.5 Å². The third-order valence-electron chi connectivity index (χ3n) is 4.68. The van der Waals surface area contributed by atoms with Gasteiger partial charge in [0.15, 0.2) is 0 Å². The minimum absolute atomic E-state index is 0.138. The van der Waals surface area contributed by atoms with Crippen LogP contribution in [0.4, 0.5) is 18.9 Å². The van der Waals surface area contributed by atoms with Crippen molar-refractivity contribution >= 4 is 29.1 Å². The monoisotopic (exact) mass is 481 g/mol. The molecule has 11 heteroatoms. The van der Waals surface area contributed by atoms with E-state index < -0.39 is 40.7 Å². The van der Waals surface area contributed by atoms with Gasteiger partial charge in [0, 0.05) is 11.4 Å². The van der Waals surface area contributed by atoms with E-state index in [4.69, 9.17) is 16.0 Å². The molecule has 0 aliphatic carbocycles. The summed E-state index contributed by atoms with van der Waals surface area (Å²) >= 11 is 5.60. The molecule has 3 rings (SSSR count). The summed E-state index contributed by atoms with van der Waals surface area (Å²) in [5, 5.41) is 1.82. The molecule has 2 N–H and O–H groups in total. The van der Waals surface area contributed by atoms with Crippen LogP contribution >= 0.6 is 11.6 Å². The lowest BCUT2D eigenvalue weighted by Gasteiger charge is -2.22. The number of H-pyrrole nitrogens is 1. The molecule has 0 aliphatic heterocycles. The summed E-state index contributed by atoms with van der Waals surface area (Å²) in [6.45, 7) is 2.57. The quantitative estimate of drug-likeness (QED) is 0.540. The number of hydrogen-bond acceptors (Lipinski definition) is 4. The number of carbonyl (C=O) groups excluding carboxylic acids is 2. The summed E-state index contributed by atoms with van der Waals surface area (Å²) in [7, 11) is 0. The van der Waals surface area contributed by atoms with E-state index in [1.54, 1.807) is 32.0 Å². The van der Waals surface area contributed by atoms with Crippen LogP contribution in [0.2, 0.25) is 5.02 Å². The molecule has 33 heavy (non-hydrogen) atoms. The molecule has 2 aromatic heterocycles. The summed E-state index contributed by atoms with van der Waals surface area (Å²) in [5.74, 6) is -1.15. The highest BCUT2D eigenvalue weighted by Gasteiger charge is 2.33. The van der Waals surface area contributed by atoms with Gasteiger partial charge in [0.2, 0.25) is 5.91 Å². The predicted octanol–water partition coefficient (Wildman–Crippen LogP) is 4.54. The molecule has 7 nitrogen and oxygen atoms in total. The van der Waals surface area contributed by atoms with Crippen molar-refractivity contribution in [3.05, 3.63) is 86.2 Å². The molecule has 2 amide bonds. The number of aromatic nitrogens is 1. The maximum atomic E-state index is 13.2. The first-order valence-corrected chi connectivity index (χ1v) is 10.0. The Labute approximate surface area is 191 Å². The number of nitrogens with zero attached hydrogens (tertiary/aromatic N) is 1. The Morgan fingerprint density at radius 1 is 1.18 bits per heavy atom. The number of hydrogen-bond donors (Lipinski definition) is 2.